The summed E-state index contributed by atoms with van der Waals surface area (Å²) >= 11 is 0. The first-order chi connectivity index (χ1) is 9.69. The van der Waals surface area contributed by atoms with Gasteiger partial charge in [-0.25, -0.2) is 4.79 Å². The summed E-state index contributed by atoms with van der Waals surface area (Å²) in [4.78, 5) is 13.4. The number of nitrogens with zero attached hydrogens (tertiary/aromatic N) is 2. The molecule has 0 aromatic heterocycles. The van der Waals surface area contributed by atoms with Crippen molar-refractivity contribution in [2.24, 2.45) is 5.92 Å². The van der Waals surface area contributed by atoms with Crippen molar-refractivity contribution in [3.05, 3.63) is 29.8 Å². The van der Waals surface area contributed by atoms with Gasteiger partial charge in [-0.05, 0) is 43.0 Å². The molecule has 20 heavy (non-hydrogen) atoms. The number of benzene rings is 1. The highest BCUT2D eigenvalue weighted by Gasteiger charge is 2.28. The molecule has 1 aromatic rings. The lowest BCUT2D eigenvalue weighted by Crippen LogP contribution is -2.42. The molecule has 1 fully saturated rings. The van der Waals surface area contributed by atoms with Crippen molar-refractivity contribution < 1.29 is 14.6 Å². The fourth-order valence-electron chi connectivity index (χ4n) is 2.54. The fourth-order valence-corrected chi connectivity index (χ4v) is 2.54. The van der Waals surface area contributed by atoms with Gasteiger partial charge in [-0.2, -0.15) is 5.26 Å². The molecule has 0 aliphatic carbocycles. The Morgan fingerprint density at radius 1 is 1.50 bits per heavy atom. The zero-order chi connectivity index (χ0) is 14.5. The normalized spacial score (nSPS) is 22.1. The highest BCUT2D eigenvalue weighted by atomic mass is 16.5. The van der Waals surface area contributed by atoms with Crippen LogP contribution < -0.4 is 4.90 Å². The van der Waals surface area contributed by atoms with Crippen LogP contribution in [0.3, 0.4) is 0 Å². The molecule has 1 aliphatic heterocycles. The Balaban J connectivity index is 2.15. The van der Waals surface area contributed by atoms with Crippen molar-refractivity contribution in [1.82, 2.24) is 0 Å². The summed E-state index contributed by atoms with van der Waals surface area (Å²) < 4.78 is 4.66. The predicted octanol–water partition coefficient (Wildman–Crippen LogP) is 1.57. The van der Waals surface area contributed by atoms with E-state index in [1.165, 1.54) is 7.11 Å². The van der Waals surface area contributed by atoms with Gasteiger partial charge in [-0.1, -0.05) is 0 Å². The molecule has 1 N–H and O–H groups in total. The van der Waals surface area contributed by atoms with Crippen molar-refractivity contribution in [2.45, 2.75) is 18.9 Å². The van der Waals surface area contributed by atoms with E-state index in [1.54, 1.807) is 12.1 Å². The van der Waals surface area contributed by atoms with Crippen LogP contribution in [0, 0.1) is 17.2 Å². The number of anilines is 1. The van der Waals surface area contributed by atoms with Gasteiger partial charge in [0.25, 0.3) is 0 Å². The molecule has 1 heterocycles. The number of aliphatic hydroxyl groups is 1. The first-order valence-electron chi connectivity index (χ1n) is 6.65. The first kappa shape index (κ1) is 14.4. The van der Waals surface area contributed by atoms with E-state index in [2.05, 4.69) is 10.8 Å². The molecule has 1 saturated heterocycles. The summed E-state index contributed by atoms with van der Waals surface area (Å²) in [7, 11) is 1.35. The Labute approximate surface area is 118 Å². The summed E-state index contributed by atoms with van der Waals surface area (Å²) in [5, 5.41) is 18.5. The molecule has 5 nitrogen and oxygen atoms in total. The summed E-state index contributed by atoms with van der Waals surface area (Å²) in [6.07, 6.45) is 1.54. The minimum Gasteiger partial charge on any atom is -0.465 e. The van der Waals surface area contributed by atoms with Crippen LogP contribution in [0.5, 0.6) is 0 Å². The van der Waals surface area contributed by atoms with Gasteiger partial charge in [-0.15, -0.1) is 0 Å². The quantitative estimate of drug-likeness (QED) is 0.847. The highest BCUT2D eigenvalue weighted by Crippen LogP contribution is 2.28. The van der Waals surface area contributed by atoms with Crippen LogP contribution in [0.1, 0.15) is 23.2 Å². The van der Waals surface area contributed by atoms with E-state index in [0.29, 0.717) is 12.0 Å². The van der Waals surface area contributed by atoms with Crippen LogP contribution in [-0.4, -0.2) is 37.4 Å². The average Bonchev–Trinajstić information content (AvgIpc) is 2.53. The largest absolute Gasteiger partial charge is 0.465 e. The lowest BCUT2D eigenvalue weighted by Gasteiger charge is -2.37. The predicted molar refractivity (Wildman–Crippen MR) is 74.3 cm³/mol. The number of methoxy groups -OCH3 is 1. The third-order valence-corrected chi connectivity index (χ3v) is 3.74. The van der Waals surface area contributed by atoms with Gasteiger partial charge in [0.1, 0.15) is 6.04 Å². The fraction of sp³-hybridized carbons (Fsp3) is 0.467. The molecule has 0 spiro atoms. The van der Waals surface area contributed by atoms with E-state index in [4.69, 9.17) is 0 Å². The second-order valence-electron chi connectivity index (χ2n) is 4.95. The number of rotatable bonds is 3. The molecule has 0 amide bonds. The van der Waals surface area contributed by atoms with Crippen LogP contribution in [0.2, 0.25) is 0 Å². The maximum absolute atomic E-state index is 11.4. The molecule has 2 unspecified atom stereocenters. The van der Waals surface area contributed by atoms with E-state index in [1.807, 2.05) is 17.0 Å². The maximum atomic E-state index is 11.4. The van der Waals surface area contributed by atoms with Gasteiger partial charge in [0.05, 0.1) is 18.7 Å². The average molecular weight is 274 g/mol. The molecule has 2 rings (SSSR count). The van der Waals surface area contributed by atoms with Gasteiger partial charge in [0.15, 0.2) is 0 Å². The number of piperidine rings is 1. The summed E-state index contributed by atoms with van der Waals surface area (Å²) in [5.41, 5.74) is 1.41. The van der Waals surface area contributed by atoms with Crippen molar-refractivity contribution >= 4 is 11.7 Å². The number of carbonyl (C=O) groups is 1. The van der Waals surface area contributed by atoms with Crippen molar-refractivity contribution in [2.75, 3.05) is 25.2 Å². The van der Waals surface area contributed by atoms with Crippen LogP contribution in [-0.2, 0) is 4.74 Å². The van der Waals surface area contributed by atoms with Crippen molar-refractivity contribution in [3.63, 3.8) is 0 Å². The molecule has 1 aliphatic rings. The molecule has 2 atom stereocenters. The maximum Gasteiger partial charge on any atom is 0.337 e. The number of ether oxygens (including phenoxy) is 1. The minimum absolute atomic E-state index is 0.132. The minimum atomic E-state index is -0.368. The SMILES string of the molecule is COC(=O)c1ccc(N2CCC(CO)CC2C#N)cc1. The van der Waals surface area contributed by atoms with E-state index >= 15 is 0 Å². The van der Waals surface area contributed by atoms with Gasteiger partial charge in [-0.3, -0.25) is 0 Å². The molecule has 0 saturated carbocycles. The van der Waals surface area contributed by atoms with Gasteiger partial charge in [0, 0.05) is 18.8 Å². The van der Waals surface area contributed by atoms with Crippen LogP contribution in [0.4, 0.5) is 5.69 Å². The molecule has 0 bridgehead atoms. The Kier molecular flexibility index (Phi) is 4.59. The lowest BCUT2D eigenvalue weighted by molar-refractivity contribution is 0.0600. The molecular weight excluding hydrogens is 256 g/mol. The number of hydrogen-bond donors (Lipinski definition) is 1. The number of esters is 1. The molecular formula is C15H18N2O3. The van der Waals surface area contributed by atoms with E-state index in [0.717, 1.165) is 18.7 Å². The van der Waals surface area contributed by atoms with Gasteiger partial charge >= 0.3 is 5.97 Å². The third-order valence-electron chi connectivity index (χ3n) is 3.74. The molecule has 1 aromatic carbocycles. The van der Waals surface area contributed by atoms with E-state index in [9.17, 15) is 15.2 Å². The zero-order valence-electron chi connectivity index (χ0n) is 11.5. The lowest BCUT2D eigenvalue weighted by atomic mass is 9.91. The number of nitriles is 1. The Hall–Kier alpha value is -2.06. The molecule has 106 valence electrons. The number of aliphatic hydroxyl groups excluding tert-OH is 1. The Bertz CT molecular complexity index is 507. The van der Waals surface area contributed by atoms with Gasteiger partial charge < -0.3 is 14.7 Å². The monoisotopic (exact) mass is 274 g/mol. The third kappa shape index (κ3) is 2.91. The number of hydrogen-bond acceptors (Lipinski definition) is 5. The standard InChI is InChI=1S/C15H18N2O3/c1-20-15(19)12-2-4-13(5-3-12)17-7-6-11(10-18)8-14(17)9-16/h2-5,11,14,18H,6-8,10H2,1H3. The van der Waals surface area contributed by atoms with Crippen molar-refractivity contribution in [1.29, 1.82) is 5.26 Å². The van der Waals surface area contributed by atoms with Crippen LogP contribution >= 0.6 is 0 Å². The Morgan fingerprint density at radius 2 is 2.20 bits per heavy atom. The zero-order valence-corrected chi connectivity index (χ0v) is 11.5. The molecule has 0 radical (unpaired) electrons. The van der Waals surface area contributed by atoms with Crippen LogP contribution in [0.25, 0.3) is 0 Å². The second-order valence-corrected chi connectivity index (χ2v) is 4.95. The second kappa shape index (κ2) is 6.40. The van der Waals surface area contributed by atoms with Crippen LogP contribution in [0.15, 0.2) is 24.3 Å². The van der Waals surface area contributed by atoms with E-state index in [-0.39, 0.29) is 24.5 Å². The summed E-state index contributed by atoms with van der Waals surface area (Å²) in [6.45, 7) is 0.869. The smallest absolute Gasteiger partial charge is 0.337 e. The topological polar surface area (TPSA) is 73.6 Å². The van der Waals surface area contributed by atoms with Crippen molar-refractivity contribution in [3.8, 4) is 6.07 Å². The van der Waals surface area contributed by atoms with Gasteiger partial charge in [0.2, 0.25) is 0 Å². The molecule has 5 heteroatoms. The number of carbonyl (C=O) groups excluding carboxylic acids is 1. The van der Waals surface area contributed by atoms with E-state index < -0.39 is 0 Å². The Morgan fingerprint density at radius 3 is 2.75 bits per heavy atom. The first-order valence-corrected chi connectivity index (χ1v) is 6.65. The highest BCUT2D eigenvalue weighted by molar-refractivity contribution is 5.89. The summed E-state index contributed by atoms with van der Waals surface area (Å²) in [5.74, 6) is -0.169. The summed E-state index contributed by atoms with van der Waals surface area (Å²) in [6, 6.07) is 9.12.